The molecular formula is C10H11ClO3. The normalized spacial score (nSPS) is 9.86. The van der Waals surface area contributed by atoms with Gasteiger partial charge in [-0.25, -0.2) is 0 Å². The third-order valence-electron chi connectivity index (χ3n) is 1.79. The monoisotopic (exact) mass is 214 g/mol. The molecule has 0 bridgehead atoms. The largest absolute Gasteiger partial charge is 0.493 e. The van der Waals surface area contributed by atoms with Crippen molar-refractivity contribution >= 4 is 17.6 Å². The van der Waals surface area contributed by atoms with E-state index < -0.39 is 5.97 Å². The van der Waals surface area contributed by atoms with E-state index in [9.17, 15) is 4.79 Å². The van der Waals surface area contributed by atoms with Gasteiger partial charge in [0.25, 0.3) is 0 Å². The van der Waals surface area contributed by atoms with Crippen molar-refractivity contribution in [2.24, 2.45) is 0 Å². The number of ether oxygens (including phenoxy) is 1. The van der Waals surface area contributed by atoms with Crippen LogP contribution < -0.4 is 4.74 Å². The predicted molar refractivity (Wildman–Crippen MR) is 53.9 cm³/mol. The van der Waals surface area contributed by atoms with Gasteiger partial charge < -0.3 is 9.84 Å². The molecule has 14 heavy (non-hydrogen) atoms. The molecule has 0 heterocycles. The lowest BCUT2D eigenvalue weighted by atomic mass is 10.2. The van der Waals surface area contributed by atoms with E-state index in [4.69, 9.17) is 21.4 Å². The zero-order valence-corrected chi connectivity index (χ0v) is 8.54. The van der Waals surface area contributed by atoms with Crippen LogP contribution in [0.3, 0.4) is 0 Å². The Morgan fingerprint density at radius 2 is 2.29 bits per heavy atom. The predicted octanol–water partition coefficient (Wildman–Crippen LogP) is 2.50. The Hall–Kier alpha value is -1.22. The Bertz CT molecular complexity index is 336. The Balaban J connectivity index is 2.59. The zero-order valence-electron chi connectivity index (χ0n) is 7.79. The molecule has 0 fully saturated rings. The van der Waals surface area contributed by atoms with Crippen LogP contribution in [0.25, 0.3) is 0 Å². The average molecular weight is 215 g/mol. The summed E-state index contributed by atoms with van der Waals surface area (Å²) in [4.78, 5) is 10.2. The van der Waals surface area contributed by atoms with Crippen molar-refractivity contribution in [2.45, 2.75) is 13.3 Å². The minimum Gasteiger partial charge on any atom is -0.493 e. The lowest BCUT2D eigenvalue weighted by molar-refractivity contribution is -0.137. The summed E-state index contributed by atoms with van der Waals surface area (Å²) in [6.45, 7) is 1.99. The van der Waals surface area contributed by atoms with Crippen LogP contribution in [0.2, 0.25) is 5.02 Å². The summed E-state index contributed by atoms with van der Waals surface area (Å²) in [5.41, 5.74) is 0.833. The van der Waals surface area contributed by atoms with Crippen molar-refractivity contribution < 1.29 is 14.6 Å². The minimum atomic E-state index is -0.871. The molecule has 3 nitrogen and oxygen atoms in total. The summed E-state index contributed by atoms with van der Waals surface area (Å²) in [6, 6.07) is 5.30. The number of carboxylic acids is 1. The van der Waals surface area contributed by atoms with Crippen molar-refractivity contribution in [3.63, 3.8) is 0 Å². The fourth-order valence-corrected chi connectivity index (χ4v) is 1.16. The lowest BCUT2D eigenvalue weighted by Crippen LogP contribution is -2.05. The second kappa shape index (κ2) is 4.86. The number of rotatable bonds is 4. The zero-order chi connectivity index (χ0) is 10.6. The van der Waals surface area contributed by atoms with Crippen molar-refractivity contribution in [2.75, 3.05) is 6.61 Å². The van der Waals surface area contributed by atoms with Gasteiger partial charge in [0.2, 0.25) is 0 Å². The molecule has 0 aliphatic carbocycles. The number of hydrogen-bond acceptors (Lipinski definition) is 2. The SMILES string of the molecule is Cc1c(Cl)cccc1OCCC(=O)O. The molecule has 0 radical (unpaired) electrons. The van der Waals surface area contributed by atoms with Crippen LogP contribution in [-0.2, 0) is 4.79 Å². The summed E-state index contributed by atoms with van der Waals surface area (Å²) < 4.78 is 5.26. The van der Waals surface area contributed by atoms with Crippen molar-refractivity contribution in [1.29, 1.82) is 0 Å². The first kappa shape index (κ1) is 10.9. The fourth-order valence-electron chi connectivity index (χ4n) is 0.992. The van der Waals surface area contributed by atoms with Crippen molar-refractivity contribution in [1.82, 2.24) is 0 Å². The summed E-state index contributed by atoms with van der Waals surface area (Å²) in [7, 11) is 0. The van der Waals surface area contributed by atoms with Gasteiger partial charge in [-0.2, -0.15) is 0 Å². The molecule has 1 aromatic rings. The molecule has 0 saturated heterocycles. The van der Waals surface area contributed by atoms with Gasteiger partial charge in [0, 0.05) is 10.6 Å². The quantitative estimate of drug-likeness (QED) is 0.838. The van der Waals surface area contributed by atoms with Gasteiger partial charge in [-0.1, -0.05) is 17.7 Å². The van der Waals surface area contributed by atoms with E-state index in [0.717, 1.165) is 5.56 Å². The lowest BCUT2D eigenvalue weighted by Gasteiger charge is -2.08. The van der Waals surface area contributed by atoms with E-state index in [0.29, 0.717) is 10.8 Å². The van der Waals surface area contributed by atoms with Crippen LogP contribution in [0.1, 0.15) is 12.0 Å². The highest BCUT2D eigenvalue weighted by molar-refractivity contribution is 6.31. The fraction of sp³-hybridized carbons (Fsp3) is 0.300. The van der Waals surface area contributed by atoms with E-state index in [-0.39, 0.29) is 13.0 Å². The average Bonchev–Trinajstić information content (AvgIpc) is 2.12. The smallest absolute Gasteiger partial charge is 0.306 e. The molecule has 0 spiro atoms. The highest BCUT2D eigenvalue weighted by Crippen LogP contribution is 2.24. The maximum absolute atomic E-state index is 10.2. The molecule has 1 N–H and O–H groups in total. The van der Waals surface area contributed by atoms with Crippen LogP contribution in [0.5, 0.6) is 5.75 Å². The Morgan fingerprint density at radius 3 is 2.93 bits per heavy atom. The summed E-state index contributed by atoms with van der Waals surface area (Å²) in [5.74, 6) is -0.233. The van der Waals surface area contributed by atoms with Gasteiger partial charge in [-0.15, -0.1) is 0 Å². The summed E-state index contributed by atoms with van der Waals surface area (Å²) >= 11 is 5.86. The Labute approximate surface area is 87.3 Å². The maximum atomic E-state index is 10.2. The number of aliphatic carboxylic acids is 1. The first-order valence-electron chi connectivity index (χ1n) is 4.21. The number of carbonyl (C=O) groups is 1. The second-order valence-electron chi connectivity index (χ2n) is 2.86. The number of benzene rings is 1. The van der Waals surface area contributed by atoms with E-state index in [2.05, 4.69) is 0 Å². The van der Waals surface area contributed by atoms with Crippen LogP contribution in [0.4, 0.5) is 0 Å². The third kappa shape index (κ3) is 2.92. The summed E-state index contributed by atoms with van der Waals surface area (Å²) in [5, 5.41) is 9.03. The summed E-state index contributed by atoms with van der Waals surface area (Å²) in [6.07, 6.45) is -0.00798. The standard InChI is InChI=1S/C10H11ClO3/c1-7-8(11)3-2-4-9(7)14-6-5-10(12)13/h2-4H,5-6H2,1H3,(H,12,13). The van der Waals surface area contributed by atoms with Gasteiger partial charge in [-0.05, 0) is 19.1 Å². The van der Waals surface area contributed by atoms with Crippen molar-refractivity contribution in [3.8, 4) is 5.75 Å². The van der Waals surface area contributed by atoms with E-state index >= 15 is 0 Å². The molecule has 4 heteroatoms. The highest BCUT2D eigenvalue weighted by atomic mass is 35.5. The molecule has 0 amide bonds. The maximum Gasteiger partial charge on any atom is 0.306 e. The topological polar surface area (TPSA) is 46.5 Å². The molecule has 0 saturated carbocycles. The molecule has 1 rings (SSSR count). The molecular weight excluding hydrogens is 204 g/mol. The Morgan fingerprint density at radius 1 is 1.57 bits per heavy atom. The van der Waals surface area contributed by atoms with E-state index in [1.165, 1.54) is 0 Å². The first-order valence-corrected chi connectivity index (χ1v) is 4.59. The van der Waals surface area contributed by atoms with Crippen LogP contribution in [0, 0.1) is 6.92 Å². The number of hydrogen-bond donors (Lipinski definition) is 1. The molecule has 0 aromatic heterocycles. The van der Waals surface area contributed by atoms with Crippen LogP contribution in [0.15, 0.2) is 18.2 Å². The molecule has 0 atom stereocenters. The third-order valence-corrected chi connectivity index (χ3v) is 2.20. The van der Waals surface area contributed by atoms with Crippen molar-refractivity contribution in [3.05, 3.63) is 28.8 Å². The van der Waals surface area contributed by atoms with Gasteiger partial charge in [0.05, 0.1) is 13.0 Å². The van der Waals surface area contributed by atoms with E-state index in [1.54, 1.807) is 18.2 Å². The molecule has 0 unspecified atom stereocenters. The van der Waals surface area contributed by atoms with Crippen LogP contribution in [-0.4, -0.2) is 17.7 Å². The minimum absolute atomic E-state index is 0.00798. The van der Waals surface area contributed by atoms with Gasteiger partial charge >= 0.3 is 5.97 Å². The molecule has 1 aromatic carbocycles. The second-order valence-corrected chi connectivity index (χ2v) is 3.26. The van der Waals surface area contributed by atoms with Gasteiger partial charge in [0.1, 0.15) is 5.75 Å². The Kier molecular flexibility index (Phi) is 3.77. The van der Waals surface area contributed by atoms with Crippen LogP contribution >= 0.6 is 11.6 Å². The van der Waals surface area contributed by atoms with Gasteiger partial charge in [-0.3, -0.25) is 4.79 Å². The molecule has 0 aliphatic heterocycles. The number of halogens is 1. The van der Waals surface area contributed by atoms with Gasteiger partial charge in [0.15, 0.2) is 0 Å². The first-order chi connectivity index (χ1) is 6.61. The van der Waals surface area contributed by atoms with E-state index in [1.807, 2.05) is 6.92 Å². The molecule has 76 valence electrons. The molecule has 0 aliphatic rings. The highest BCUT2D eigenvalue weighted by Gasteiger charge is 2.03. The number of carboxylic acid groups (broad SMARTS) is 1.